The fourth-order valence-electron chi connectivity index (χ4n) is 3.99. The summed E-state index contributed by atoms with van der Waals surface area (Å²) in [5.41, 5.74) is 2.71. The van der Waals surface area contributed by atoms with Gasteiger partial charge in [0.25, 0.3) is 0 Å². The summed E-state index contributed by atoms with van der Waals surface area (Å²) in [6.45, 7) is 5.46. The second kappa shape index (κ2) is 10.7. The molecule has 1 unspecified atom stereocenters. The molecule has 0 saturated carbocycles. The van der Waals surface area contributed by atoms with Crippen LogP contribution < -0.4 is 10.0 Å². The van der Waals surface area contributed by atoms with Crippen molar-refractivity contribution < 1.29 is 19.3 Å². The average Bonchev–Trinajstić information content (AvgIpc) is 2.73. The number of ether oxygens (including phenoxy) is 1. The van der Waals surface area contributed by atoms with Crippen LogP contribution in [0.5, 0.6) is 0 Å². The Hall–Kier alpha value is -0.910. The summed E-state index contributed by atoms with van der Waals surface area (Å²) in [4.78, 5) is 1.18. The molecule has 0 aromatic heterocycles. The molecule has 4 nitrogen and oxygen atoms in total. The summed E-state index contributed by atoms with van der Waals surface area (Å²) in [5, 5.41) is 13.6. The molecule has 1 aliphatic heterocycles. The van der Waals surface area contributed by atoms with Crippen LogP contribution in [0, 0.1) is 0 Å². The first kappa shape index (κ1) is 23.4. The van der Waals surface area contributed by atoms with Crippen LogP contribution in [0.2, 0.25) is 0 Å². The molecule has 1 heterocycles. The zero-order chi connectivity index (χ0) is 19.3. The van der Waals surface area contributed by atoms with Gasteiger partial charge in [0, 0.05) is 25.0 Å². The Morgan fingerprint density at radius 2 is 1.68 bits per heavy atom. The number of quaternary nitrogens is 1. The smallest absolute Gasteiger partial charge is 0.871 e. The summed E-state index contributed by atoms with van der Waals surface area (Å²) in [5.74, 6) is 0.224. The molecular formula is C23H31CaN2O2+3. The number of likely N-dealkylation sites (N-methyl/N-ethyl adjacent to an activating group) is 1. The standard InChI is InChI=1S/C23H30N2O2.Ca/c1-4-23(24(2)3,18-19-8-6-5-7-9-19)22(26)20-10-12-21(13-11-20)25-14-16-27-17-15-25;/h5-13H,4,14-18H2,1-3H3;/q;+2/p+1. The predicted molar refractivity (Wildman–Crippen MR) is 113 cm³/mol. The van der Waals surface area contributed by atoms with E-state index < -0.39 is 5.54 Å². The van der Waals surface area contributed by atoms with Crippen molar-refractivity contribution in [3.8, 4) is 0 Å². The van der Waals surface area contributed by atoms with Crippen LogP contribution in [-0.2, 0) is 11.2 Å². The maximum atomic E-state index is 13.6. The average molecular weight is 408 g/mol. The number of hydrogen-bond acceptors (Lipinski definition) is 2. The van der Waals surface area contributed by atoms with Gasteiger partial charge in [-0.15, -0.1) is 0 Å². The van der Waals surface area contributed by atoms with Gasteiger partial charge in [-0.25, -0.2) is 4.58 Å². The Morgan fingerprint density at radius 3 is 2.21 bits per heavy atom. The van der Waals surface area contributed by atoms with E-state index in [0.717, 1.165) is 50.4 Å². The predicted octanol–water partition coefficient (Wildman–Crippen LogP) is 0.366. The summed E-state index contributed by atoms with van der Waals surface area (Å²) >= 11 is 0. The van der Waals surface area contributed by atoms with Gasteiger partial charge in [-0.2, -0.15) is 0 Å². The number of benzene rings is 1. The summed E-state index contributed by atoms with van der Waals surface area (Å²) in [7, 11) is 4.18. The second-order valence-electron chi connectivity index (χ2n) is 7.57. The van der Waals surface area contributed by atoms with Gasteiger partial charge in [0.1, 0.15) is 18.8 Å². The molecule has 144 valence electrons. The number of nitrogens with zero attached hydrogens (tertiary/aromatic N) is 1. The third kappa shape index (κ3) is 5.17. The Kier molecular flexibility index (Phi) is 8.97. The van der Waals surface area contributed by atoms with Crippen molar-refractivity contribution in [2.24, 2.45) is 0 Å². The number of nitrogens with one attached hydrogen (secondary N) is 1. The molecule has 28 heavy (non-hydrogen) atoms. The number of rotatable bonds is 5. The summed E-state index contributed by atoms with van der Waals surface area (Å²) in [6, 6.07) is 10.3. The Balaban J connectivity index is 0.00000280. The van der Waals surface area contributed by atoms with Crippen LogP contribution in [0.25, 0.3) is 0 Å². The topological polar surface area (TPSA) is 39.7 Å². The molecule has 1 aliphatic carbocycles. The van der Waals surface area contributed by atoms with E-state index >= 15 is 0 Å². The largest absolute Gasteiger partial charge is 2.00 e. The van der Waals surface area contributed by atoms with Gasteiger partial charge in [0.05, 0.1) is 14.1 Å². The third-order valence-electron chi connectivity index (χ3n) is 5.85. The van der Waals surface area contributed by atoms with Crippen LogP contribution in [0.4, 0.5) is 0 Å². The molecule has 1 saturated heterocycles. The summed E-state index contributed by atoms with van der Waals surface area (Å²) in [6.07, 6.45) is 9.68. The molecule has 0 bridgehead atoms. The normalized spacial score (nSPS) is 18.8. The number of hydrogen-bond donors (Lipinski definition) is 1. The first-order chi connectivity index (χ1) is 13.1. The molecule has 0 spiro atoms. The minimum atomic E-state index is -0.457. The van der Waals surface area contributed by atoms with Gasteiger partial charge in [0.2, 0.25) is 0 Å². The Morgan fingerprint density at radius 1 is 1.07 bits per heavy atom. The molecular weight excluding hydrogens is 376 g/mol. The molecule has 1 aromatic carbocycles. The SMILES string of the molecule is CCC(Cc1ccccc1)(C([O-])=C1C=CC(=[N+]2CCOCC2)C=C1)[NH+](C)C.[Ca+2]. The molecule has 0 radical (unpaired) electrons. The zero-order valence-corrected chi connectivity index (χ0v) is 19.6. The van der Waals surface area contributed by atoms with E-state index in [4.69, 9.17) is 4.74 Å². The van der Waals surface area contributed by atoms with Crippen LogP contribution in [-0.4, -0.2) is 94.0 Å². The van der Waals surface area contributed by atoms with E-state index in [-0.39, 0.29) is 43.5 Å². The minimum Gasteiger partial charge on any atom is -0.871 e. The van der Waals surface area contributed by atoms with E-state index in [1.54, 1.807) is 0 Å². The van der Waals surface area contributed by atoms with Crippen LogP contribution in [0.15, 0.2) is 66.0 Å². The van der Waals surface area contributed by atoms with Gasteiger partial charge in [-0.3, -0.25) is 0 Å². The minimum absolute atomic E-state index is 0. The van der Waals surface area contributed by atoms with E-state index in [2.05, 4.69) is 49.9 Å². The van der Waals surface area contributed by atoms with Crippen molar-refractivity contribution in [3.63, 3.8) is 0 Å². The van der Waals surface area contributed by atoms with Crippen molar-refractivity contribution in [1.82, 2.24) is 0 Å². The second-order valence-corrected chi connectivity index (χ2v) is 7.57. The van der Waals surface area contributed by atoms with E-state index in [0.29, 0.717) is 0 Å². The Labute approximate surface area is 198 Å². The molecule has 1 N–H and O–H groups in total. The molecule has 1 fully saturated rings. The fraction of sp³-hybridized carbons (Fsp3) is 0.435. The monoisotopic (exact) mass is 407 g/mol. The van der Waals surface area contributed by atoms with Crippen molar-refractivity contribution >= 4 is 43.4 Å². The quantitative estimate of drug-likeness (QED) is 0.435. The van der Waals surface area contributed by atoms with Gasteiger partial charge in [-0.1, -0.05) is 43.0 Å². The molecule has 1 atom stereocenters. The summed E-state index contributed by atoms with van der Waals surface area (Å²) < 4.78 is 7.74. The van der Waals surface area contributed by atoms with Crippen molar-refractivity contribution in [1.29, 1.82) is 0 Å². The first-order valence-electron chi connectivity index (χ1n) is 9.89. The number of allylic oxidation sites excluding steroid dienone is 5. The fourth-order valence-corrected chi connectivity index (χ4v) is 3.99. The number of morpholine rings is 1. The maximum Gasteiger partial charge on any atom is 2.00 e. The molecule has 0 amide bonds. The van der Waals surface area contributed by atoms with Crippen molar-refractivity contribution in [2.75, 3.05) is 40.4 Å². The van der Waals surface area contributed by atoms with Crippen LogP contribution in [0.1, 0.15) is 18.9 Å². The van der Waals surface area contributed by atoms with Gasteiger partial charge in [0.15, 0.2) is 18.8 Å². The van der Waals surface area contributed by atoms with E-state index in [1.165, 1.54) is 10.5 Å². The maximum absolute atomic E-state index is 13.6. The molecule has 1 aromatic rings. The molecule has 5 heteroatoms. The van der Waals surface area contributed by atoms with Gasteiger partial charge < -0.3 is 14.7 Å². The third-order valence-corrected chi connectivity index (χ3v) is 5.85. The first-order valence-corrected chi connectivity index (χ1v) is 9.89. The van der Waals surface area contributed by atoms with Gasteiger partial charge >= 0.3 is 37.7 Å². The molecule has 3 rings (SSSR count). The van der Waals surface area contributed by atoms with Crippen LogP contribution >= 0.6 is 0 Å². The van der Waals surface area contributed by atoms with Crippen molar-refractivity contribution in [3.05, 3.63) is 71.5 Å². The van der Waals surface area contributed by atoms with Crippen molar-refractivity contribution in [2.45, 2.75) is 25.3 Å². The van der Waals surface area contributed by atoms with Crippen LogP contribution in [0.3, 0.4) is 0 Å². The zero-order valence-electron chi connectivity index (χ0n) is 17.4. The molecule has 2 aliphatic rings. The van der Waals surface area contributed by atoms with E-state index in [1.807, 2.05) is 30.4 Å². The van der Waals surface area contributed by atoms with E-state index in [9.17, 15) is 5.11 Å². The Bertz CT molecular complexity index is 755. The van der Waals surface area contributed by atoms with Gasteiger partial charge in [-0.05, 0) is 23.3 Å².